The van der Waals surface area contributed by atoms with Crippen LogP contribution < -0.4 is 10.5 Å². The van der Waals surface area contributed by atoms with Crippen LogP contribution in [0.5, 0.6) is 5.75 Å². The number of H-pyrrole nitrogens is 1. The standard InChI is InChI=1S/C18H20N2O2/c19-8-6-13-2-1-3-15(10-13)18(21)12-22-16-4-5-17-14(11-16)7-9-20-17/h1-5,7,9-11,18,20-21H,6,8,12,19H2. The first kappa shape index (κ1) is 14.6. The number of aliphatic hydroxyl groups excluding tert-OH is 1. The van der Waals surface area contributed by atoms with Crippen molar-refractivity contribution >= 4 is 10.9 Å². The molecule has 0 fully saturated rings. The number of aromatic nitrogens is 1. The lowest BCUT2D eigenvalue weighted by Crippen LogP contribution is -2.10. The van der Waals surface area contributed by atoms with Gasteiger partial charge in [0.15, 0.2) is 0 Å². The average Bonchev–Trinajstić information content (AvgIpc) is 3.01. The molecule has 2 aromatic carbocycles. The first-order valence-corrected chi connectivity index (χ1v) is 7.43. The van der Waals surface area contributed by atoms with Gasteiger partial charge in [-0.05, 0) is 48.4 Å². The van der Waals surface area contributed by atoms with Gasteiger partial charge in [-0.15, -0.1) is 0 Å². The Morgan fingerprint density at radius 3 is 2.91 bits per heavy atom. The van der Waals surface area contributed by atoms with Crippen LogP contribution in [0, 0.1) is 0 Å². The zero-order valence-corrected chi connectivity index (χ0v) is 12.3. The maximum atomic E-state index is 10.3. The molecule has 0 saturated carbocycles. The molecule has 114 valence electrons. The van der Waals surface area contributed by atoms with Crippen LogP contribution in [-0.4, -0.2) is 23.2 Å². The quantitative estimate of drug-likeness (QED) is 0.655. The number of hydrogen-bond acceptors (Lipinski definition) is 3. The summed E-state index contributed by atoms with van der Waals surface area (Å²) in [6.07, 6.45) is 2.05. The minimum Gasteiger partial charge on any atom is -0.491 e. The number of rotatable bonds is 6. The molecule has 0 spiro atoms. The second kappa shape index (κ2) is 6.64. The maximum Gasteiger partial charge on any atom is 0.120 e. The van der Waals surface area contributed by atoms with Crippen molar-refractivity contribution in [3.05, 3.63) is 65.9 Å². The van der Waals surface area contributed by atoms with Gasteiger partial charge in [0.2, 0.25) is 0 Å². The smallest absolute Gasteiger partial charge is 0.120 e. The Hall–Kier alpha value is -2.30. The van der Waals surface area contributed by atoms with E-state index in [0.717, 1.165) is 34.2 Å². The second-order valence-electron chi connectivity index (χ2n) is 5.34. The number of ether oxygens (including phenoxy) is 1. The van der Waals surface area contributed by atoms with Crippen molar-refractivity contribution in [1.29, 1.82) is 0 Å². The Kier molecular flexibility index (Phi) is 4.42. The Morgan fingerprint density at radius 2 is 2.05 bits per heavy atom. The lowest BCUT2D eigenvalue weighted by Gasteiger charge is -2.14. The van der Waals surface area contributed by atoms with Crippen molar-refractivity contribution in [2.24, 2.45) is 5.73 Å². The summed E-state index contributed by atoms with van der Waals surface area (Å²) < 4.78 is 5.71. The van der Waals surface area contributed by atoms with E-state index < -0.39 is 6.10 Å². The van der Waals surface area contributed by atoms with Gasteiger partial charge in [0.25, 0.3) is 0 Å². The molecule has 1 atom stereocenters. The van der Waals surface area contributed by atoms with Gasteiger partial charge in [-0.2, -0.15) is 0 Å². The molecule has 0 amide bonds. The van der Waals surface area contributed by atoms with Crippen LogP contribution in [0.25, 0.3) is 10.9 Å². The highest BCUT2D eigenvalue weighted by atomic mass is 16.5. The number of nitrogens with one attached hydrogen (secondary N) is 1. The molecule has 3 aromatic rings. The van der Waals surface area contributed by atoms with Crippen LogP contribution in [0.3, 0.4) is 0 Å². The van der Waals surface area contributed by atoms with Gasteiger partial charge in [0, 0.05) is 17.1 Å². The molecule has 0 aliphatic heterocycles. The fraction of sp³-hybridized carbons (Fsp3) is 0.222. The summed E-state index contributed by atoms with van der Waals surface area (Å²) in [6, 6.07) is 15.7. The minimum absolute atomic E-state index is 0.224. The number of fused-ring (bicyclic) bond motifs is 1. The van der Waals surface area contributed by atoms with Crippen LogP contribution in [0.2, 0.25) is 0 Å². The molecule has 1 aromatic heterocycles. The lowest BCUT2D eigenvalue weighted by atomic mass is 10.0. The van der Waals surface area contributed by atoms with Crippen LogP contribution in [-0.2, 0) is 6.42 Å². The van der Waals surface area contributed by atoms with Gasteiger partial charge in [0.05, 0.1) is 0 Å². The Balaban J connectivity index is 1.66. The molecule has 1 heterocycles. The van der Waals surface area contributed by atoms with Gasteiger partial charge in [-0.25, -0.2) is 0 Å². The van der Waals surface area contributed by atoms with E-state index in [1.165, 1.54) is 0 Å². The van der Waals surface area contributed by atoms with Crippen molar-refractivity contribution in [3.8, 4) is 5.75 Å². The summed E-state index contributed by atoms with van der Waals surface area (Å²) in [5, 5.41) is 11.4. The highest BCUT2D eigenvalue weighted by molar-refractivity contribution is 5.80. The third kappa shape index (κ3) is 3.30. The third-order valence-electron chi connectivity index (χ3n) is 3.70. The van der Waals surface area contributed by atoms with Crippen LogP contribution in [0.1, 0.15) is 17.2 Å². The van der Waals surface area contributed by atoms with Crippen molar-refractivity contribution in [3.63, 3.8) is 0 Å². The van der Waals surface area contributed by atoms with Crippen molar-refractivity contribution < 1.29 is 9.84 Å². The van der Waals surface area contributed by atoms with E-state index in [2.05, 4.69) is 4.98 Å². The van der Waals surface area contributed by atoms with Crippen molar-refractivity contribution in [2.75, 3.05) is 13.2 Å². The molecule has 4 nitrogen and oxygen atoms in total. The Bertz CT molecular complexity index is 751. The lowest BCUT2D eigenvalue weighted by molar-refractivity contribution is 0.108. The topological polar surface area (TPSA) is 71.3 Å². The fourth-order valence-corrected chi connectivity index (χ4v) is 2.52. The summed E-state index contributed by atoms with van der Waals surface area (Å²) in [6.45, 7) is 0.828. The van der Waals surface area contributed by atoms with Gasteiger partial charge in [-0.3, -0.25) is 0 Å². The van der Waals surface area contributed by atoms with Crippen LogP contribution in [0.4, 0.5) is 0 Å². The Morgan fingerprint density at radius 1 is 1.14 bits per heavy atom. The summed E-state index contributed by atoms with van der Waals surface area (Å²) in [5.41, 5.74) is 8.63. The predicted octanol–water partition coefficient (Wildman–Crippen LogP) is 2.78. The number of aliphatic hydroxyl groups is 1. The molecule has 1 unspecified atom stereocenters. The summed E-state index contributed by atoms with van der Waals surface area (Å²) in [4.78, 5) is 3.14. The van der Waals surface area contributed by atoms with Crippen LogP contribution in [0.15, 0.2) is 54.7 Å². The van der Waals surface area contributed by atoms with E-state index >= 15 is 0 Å². The highest BCUT2D eigenvalue weighted by Gasteiger charge is 2.09. The van der Waals surface area contributed by atoms with Gasteiger partial charge in [-0.1, -0.05) is 24.3 Å². The van der Waals surface area contributed by atoms with E-state index in [4.69, 9.17) is 10.5 Å². The monoisotopic (exact) mass is 296 g/mol. The van der Waals surface area contributed by atoms with Crippen molar-refractivity contribution in [2.45, 2.75) is 12.5 Å². The van der Waals surface area contributed by atoms with E-state index in [0.29, 0.717) is 6.54 Å². The van der Waals surface area contributed by atoms with E-state index in [1.54, 1.807) is 0 Å². The van der Waals surface area contributed by atoms with Crippen molar-refractivity contribution in [1.82, 2.24) is 4.98 Å². The fourth-order valence-electron chi connectivity index (χ4n) is 2.52. The van der Waals surface area contributed by atoms with E-state index in [9.17, 15) is 5.11 Å². The zero-order chi connectivity index (χ0) is 15.4. The maximum absolute atomic E-state index is 10.3. The highest BCUT2D eigenvalue weighted by Crippen LogP contribution is 2.22. The average molecular weight is 296 g/mol. The summed E-state index contributed by atoms with van der Waals surface area (Å²) in [7, 11) is 0. The molecule has 0 bridgehead atoms. The number of benzene rings is 2. The number of hydrogen-bond donors (Lipinski definition) is 3. The molecule has 0 aliphatic rings. The number of aromatic amines is 1. The van der Waals surface area contributed by atoms with Gasteiger partial charge < -0.3 is 20.6 Å². The molecule has 3 rings (SSSR count). The largest absolute Gasteiger partial charge is 0.491 e. The third-order valence-corrected chi connectivity index (χ3v) is 3.70. The first-order valence-electron chi connectivity index (χ1n) is 7.43. The van der Waals surface area contributed by atoms with Crippen LogP contribution >= 0.6 is 0 Å². The molecule has 22 heavy (non-hydrogen) atoms. The summed E-state index contributed by atoms with van der Waals surface area (Å²) >= 11 is 0. The Labute approximate surface area is 129 Å². The molecule has 4 N–H and O–H groups in total. The predicted molar refractivity (Wildman–Crippen MR) is 88.0 cm³/mol. The molecular formula is C18H20N2O2. The molecule has 4 heteroatoms. The normalized spacial score (nSPS) is 12.5. The van der Waals surface area contributed by atoms with E-state index in [-0.39, 0.29) is 6.61 Å². The summed E-state index contributed by atoms with van der Waals surface area (Å²) in [5.74, 6) is 0.754. The second-order valence-corrected chi connectivity index (χ2v) is 5.34. The van der Waals surface area contributed by atoms with Gasteiger partial charge >= 0.3 is 0 Å². The molecular weight excluding hydrogens is 276 g/mol. The minimum atomic E-state index is -0.653. The van der Waals surface area contributed by atoms with Gasteiger partial charge in [0.1, 0.15) is 18.5 Å². The zero-order valence-electron chi connectivity index (χ0n) is 12.3. The SMILES string of the molecule is NCCc1cccc(C(O)COc2ccc3[nH]ccc3c2)c1. The molecule has 0 radical (unpaired) electrons. The molecule has 0 aliphatic carbocycles. The number of nitrogens with two attached hydrogens (primary N) is 1. The van der Waals surface area contributed by atoms with E-state index in [1.807, 2.05) is 54.7 Å². The molecule has 0 saturated heterocycles. The first-order chi connectivity index (χ1) is 10.8.